The van der Waals surface area contributed by atoms with Gasteiger partial charge < -0.3 is 35.4 Å². The quantitative estimate of drug-likeness (QED) is 0.0591. The minimum absolute atomic E-state index is 0. The molecule has 0 aromatic heterocycles. The van der Waals surface area contributed by atoms with Gasteiger partial charge in [0.15, 0.2) is 0 Å². The molecule has 3 N–H and O–H groups in total. The fourth-order valence-electron chi connectivity index (χ4n) is 3.86. The van der Waals surface area contributed by atoms with Crippen molar-refractivity contribution < 1.29 is 126 Å². The third-order valence-corrected chi connectivity index (χ3v) is 6.80. The molecule has 0 fully saturated rings. The number of nitrogens with zero attached hydrogens (tertiary/aromatic N) is 2. The van der Waals surface area contributed by atoms with Crippen molar-refractivity contribution >= 4 is 61.5 Å². The minimum atomic E-state index is -4.81. The molecule has 0 saturated heterocycles. The van der Waals surface area contributed by atoms with Gasteiger partial charge in [-0.2, -0.15) is 5.11 Å². The summed E-state index contributed by atoms with van der Waals surface area (Å²) in [6, 6.07) is 19.2. The van der Waals surface area contributed by atoms with Crippen LogP contribution in [-0.2, 0) is 26.1 Å². The summed E-state index contributed by atoms with van der Waals surface area (Å²) in [7, 11) is -4.81. The Balaban J connectivity index is 0.00000308. The fraction of sp³-hybridized carbons (Fsp3) is 0.0741. The van der Waals surface area contributed by atoms with Crippen LogP contribution in [0.2, 0.25) is 0 Å². The maximum Gasteiger partial charge on any atom is 1.00 e. The van der Waals surface area contributed by atoms with E-state index < -0.39 is 38.8 Å². The number of hydrogen-bond acceptors (Lipinski definition) is 11. The molecule has 0 unspecified atom stereocenters. The van der Waals surface area contributed by atoms with Gasteiger partial charge in [0.05, 0.1) is 28.2 Å². The molecule has 0 heterocycles. The van der Waals surface area contributed by atoms with Crippen LogP contribution in [0.4, 0.5) is 22.7 Å². The Kier molecular flexibility index (Phi) is 15.2. The normalized spacial score (nSPS) is 10.8. The van der Waals surface area contributed by atoms with Crippen LogP contribution in [0.3, 0.4) is 0 Å². The van der Waals surface area contributed by atoms with Crippen LogP contribution in [0.1, 0.15) is 15.9 Å². The maximum absolute atomic E-state index is 12.6. The van der Waals surface area contributed by atoms with Gasteiger partial charge in [0.1, 0.15) is 15.8 Å². The molecule has 0 saturated carbocycles. The number of aliphatic carboxylic acids is 2. The van der Waals surface area contributed by atoms with E-state index in [9.17, 15) is 37.6 Å². The van der Waals surface area contributed by atoms with Crippen LogP contribution in [0, 0.1) is 5.92 Å². The fourth-order valence-corrected chi connectivity index (χ4v) is 4.56. The van der Waals surface area contributed by atoms with Crippen LogP contribution < -0.4 is 110 Å². The zero-order chi connectivity index (χ0) is 29.0. The number of carbonyl (C=O) groups is 3. The van der Waals surface area contributed by atoms with Crippen LogP contribution >= 0.6 is 0 Å². The zero-order valence-electron chi connectivity index (χ0n) is 23.4. The van der Waals surface area contributed by atoms with Gasteiger partial charge in [-0.15, -0.1) is 5.11 Å². The Hall–Kier alpha value is -2.14. The van der Waals surface area contributed by atoms with Gasteiger partial charge in [0, 0.05) is 27.9 Å². The number of carboxylic acids is 2. The Morgan fingerprint density at radius 2 is 1.37 bits per heavy atom. The summed E-state index contributed by atoms with van der Waals surface area (Å²) in [4.78, 5) is 34.0. The molecule has 1 amide bonds. The van der Waals surface area contributed by atoms with E-state index in [4.69, 9.17) is 5.73 Å². The molecule has 4 aromatic carbocycles. The standard InChI is InChI=1S/C27H22N4O8S.3Na/c28-24-20-4-2-1-3-19(20)23(40(37,38)39)14-22(24)31-30-18-11-7-16(8-12-18)25(32)29-17-9-5-15(6-10-17)13-21(26(33)34)27(35)36;;;/h1-12,14,21H,13,28H2,(H,29,32)(H,33,34)(H,35,36)(H,37,38,39);;;/q;3*+1/p-3. The number of anilines is 2. The van der Waals surface area contributed by atoms with Crippen molar-refractivity contribution in [3.8, 4) is 0 Å². The third kappa shape index (κ3) is 9.93. The predicted octanol–water partition coefficient (Wildman–Crippen LogP) is -7.34. The molecule has 16 heteroatoms. The van der Waals surface area contributed by atoms with E-state index >= 15 is 0 Å². The van der Waals surface area contributed by atoms with Crippen molar-refractivity contribution in [3.05, 3.63) is 90.0 Å². The molecule has 0 atom stereocenters. The number of rotatable bonds is 9. The molecule has 0 bridgehead atoms. The first-order chi connectivity index (χ1) is 18.9. The molecule has 4 aromatic rings. The van der Waals surface area contributed by atoms with Gasteiger partial charge in [-0.05, 0) is 54.4 Å². The number of azo groups is 1. The summed E-state index contributed by atoms with van der Waals surface area (Å²) in [5, 5.41) is 33.1. The molecule has 0 radical (unpaired) electrons. The van der Waals surface area contributed by atoms with Crippen LogP contribution in [0.25, 0.3) is 10.8 Å². The summed E-state index contributed by atoms with van der Waals surface area (Å²) in [5.74, 6) is -5.76. The number of nitrogen functional groups attached to an aromatic ring is 1. The Morgan fingerprint density at radius 1 is 0.814 bits per heavy atom. The van der Waals surface area contributed by atoms with Crippen LogP contribution in [-0.4, -0.2) is 30.8 Å². The monoisotopic (exact) mass is 628 g/mol. The number of hydrogen-bond donors (Lipinski definition) is 2. The van der Waals surface area contributed by atoms with Crippen molar-refractivity contribution in [2.45, 2.75) is 11.3 Å². The molecule has 0 aliphatic heterocycles. The van der Waals surface area contributed by atoms with E-state index in [1.165, 1.54) is 54.6 Å². The van der Waals surface area contributed by atoms with Crippen molar-refractivity contribution in [2.75, 3.05) is 11.1 Å². The van der Waals surface area contributed by atoms with Crippen molar-refractivity contribution in [1.82, 2.24) is 0 Å². The third-order valence-electron chi connectivity index (χ3n) is 5.92. The zero-order valence-corrected chi connectivity index (χ0v) is 30.3. The summed E-state index contributed by atoms with van der Waals surface area (Å²) in [6.45, 7) is 0. The Bertz CT molecular complexity index is 1750. The SMILES string of the molecule is Nc1c(N=Nc2ccc(C(=O)Nc3ccc(CC(C(=O)[O-])C(=O)[O-])cc3)cc2)cc(S(=O)(=O)[O-])c2ccccc12.[Na+].[Na+].[Na+]. The number of benzene rings is 4. The average Bonchev–Trinajstić information content (AvgIpc) is 2.91. The molecule has 0 aliphatic carbocycles. The van der Waals surface area contributed by atoms with Crippen LogP contribution in [0.5, 0.6) is 0 Å². The number of carbonyl (C=O) groups excluding carboxylic acids is 3. The van der Waals surface area contributed by atoms with Gasteiger partial charge in [-0.1, -0.05) is 36.4 Å². The minimum Gasteiger partial charge on any atom is -0.744 e. The summed E-state index contributed by atoms with van der Waals surface area (Å²) in [5.41, 5.74) is 7.63. The summed E-state index contributed by atoms with van der Waals surface area (Å²) in [6.07, 6.45) is -0.326. The Labute approximate surface area is 312 Å². The summed E-state index contributed by atoms with van der Waals surface area (Å²) >= 11 is 0. The second kappa shape index (κ2) is 16.8. The molecular formula is C27H19N4Na3O8S. The van der Waals surface area contributed by atoms with E-state index in [-0.39, 0.29) is 117 Å². The number of carboxylic acid groups (broad SMARTS) is 2. The number of fused-ring (bicyclic) bond motifs is 1. The van der Waals surface area contributed by atoms with E-state index in [2.05, 4.69) is 15.5 Å². The van der Waals surface area contributed by atoms with Gasteiger partial charge >= 0.3 is 88.7 Å². The van der Waals surface area contributed by atoms with Crippen molar-refractivity contribution in [1.29, 1.82) is 0 Å². The predicted molar refractivity (Wildman–Crippen MR) is 139 cm³/mol. The largest absolute Gasteiger partial charge is 1.00 e. The molecule has 0 aliphatic rings. The van der Waals surface area contributed by atoms with Crippen LogP contribution in [0.15, 0.2) is 94.0 Å². The smallest absolute Gasteiger partial charge is 0.744 e. The molecule has 4 rings (SSSR count). The van der Waals surface area contributed by atoms with E-state index in [0.717, 1.165) is 6.07 Å². The number of nitrogens with one attached hydrogen (secondary N) is 1. The average molecular weight is 629 g/mol. The first-order valence-electron chi connectivity index (χ1n) is 11.5. The molecule has 204 valence electrons. The van der Waals surface area contributed by atoms with E-state index in [0.29, 0.717) is 22.3 Å². The molecule has 43 heavy (non-hydrogen) atoms. The molecular weight excluding hydrogens is 609 g/mol. The van der Waals surface area contributed by atoms with Crippen molar-refractivity contribution in [2.24, 2.45) is 16.1 Å². The molecule has 0 spiro atoms. The van der Waals surface area contributed by atoms with Gasteiger partial charge in [-0.25, -0.2) is 8.42 Å². The second-order valence-corrected chi connectivity index (χ2v) is 9.95. The second-order valence-electron chi connectivity index (χ2n) is 8.60. The maximum atomic E-state index is 12.6. The van der Waals surface area contributed by atoms with E-state index in [1.807, 2.05) is 0 Å². The van der Waals surface area contributed by atoms with Gasteiger partial charge in [-0.3, -0.25) is 4.79 Å². The van der Waals surface area contributed by atoms with Gasteiger partial charge in [0.2, 0.25) is 0 Å². The topological polar surface area (TPSA) is 217 Å². The first kappa shape index (κ1) is 38.9. The number of nitrogens with two attached hydrogens (primary N) is 1. The first-order valence-corrected chi connectivity index (χ1v) is 13.0. The summed E-state index contributed by atoms with van der Waals surface area (Å²) < 4.78 is 35.3. The van der Waals surface area contributed by atoms with E-state index in [1.54, 1.807) is 18.2 Å². The molecule has 12 nitrogen and oxygen atoms in total. The number of amides is 1. The van der Waals surface area contributed by atoms with Crippen molar-refractivity contribution in [3.63, 3.8) is 0 Å². The Morgan fingerprint density at radius 3 is 1.91 bits per heavy atom. The van der Waals surface area contributed by atoms with Gasteiger partial charge in [0.25, 0.3) is 5.91 Å².